The van der Waals surface area contributed by atoms with Gasteiger partial charge < -0.3 is 14.8 Å². The van der Waals surface area contributed by atoms with Crippen molar-refractivity contribution < 1.29 is 9.47 Å². The predicted octanol–water partition coefficient (Wildman–Crippen LogP) is 3.24. The molecule has 0 radical (unpaired) electrons. The van der Waals surface area contributed by atoms with E-state index < -0.39 is 0 Å². The van der Waals surface area contributed by atoms with Crippen molar-refractivity contribution >= 4 is 0 Å². The minimum absolute atomic E-state index is 0.122. The van der Waals surface area contributed by atoms with Gasteiger partial charge in [0.05, 0.1) is 6.61 Å². The van der Waals surface area contributed by atoms with E-state index in [1.165, 1.54) is 0 Å². The predicted molar refractivity (Wildman–Crippen MR) is 75.5 cm³/mol. The molecular formula is C15H25NO2. The van der Waals surface area contributed by atoms with Crippen molar-refractivity contribution in [3.05, 3.63) is 24.3 Å². The fraction of sp³-hybridized carbons (Fsp3) is 0.600. The van der Waals surface area contributed by atoms with Crippen LogP contribution in [0.3, 0.4) is 0 Å². The third kappa shape index (κ3) is 4.22. The molecule has 0 aromatic heterocycles. The lowest BCUT2D eigenvalue weighted by molar-refractivity contribution is 0.160. The number of hydrogen-bond acceptors (Lipinski definition) is 3. The number of likely N-dealkylation sites (N-methyl/N-ethyl adjacent to an activating group) is 1. The van der Waals surface area contributed by atoms with Gasteiger partial charge in [-0.2, -0.15) is 0 Å². The Morgan fingerprint density at radius 1 is 1.11 bits per heavy atom. The molecule has 18 heavy (non-hydrogen) atoms. The summed E-state index contributed by atoms with van der Waals surface area (Å²) < 4.78 is 11.6. The van der Waals surface area contributed by atoms with E-state index in [0.29, 0.717) is 12.6 Å². The Morgan fingerprint density at radius 3 is 2.33 bits per heavy atom. The second-order valence-electron chi connectivity index (χ2n) is 4.28. The van der Waals surface area contributed by atoms with Crippen molar-refractivity contribution in [2.75, 3.05) is 13.2 Å². The number of hydrogen-bond donors (Lipinski definition) is 1. The van der Waals surface area contributed by atoms with Crippen molar-refractivity contribution in [1.82, 2.24) is 5.32 Å². The van der Waals surface area contributed by atoms with Gasteiger partial charge in [-0.05, 0) is 38.9 Å². The monoisotopic (exact) mass is 251 g/mol. The van der Waals surface area contributed by atoms with Crippen LogP contribution < -0.4 is 14.8 Å². The van der Waals surface area contributed by atoms with Crippen molar-refractivity contribution in [2.45, 2.75) is 46.3 Å². The molecule has 0 amide bonds. The highest BCUT2D eigenvalue weighted by Gasteiger charge is 2.17. The first-order valence-electron chi connectivity index (χ1n) is 6.84. The Hall–Kier alpha value is -1.22. The van der Waals surface area contributed by atoms with Crippen molar-refractivity contribution in [3.63, 3.8) is 0 Å². The largest absolute Gasteiger partial charge is 0.490 e. The summed E-state index contributed by atoms with van der Waals surface area (Å²) in [6, 6.07) is 8.20. The van der Waals surface area contributed by atoms with E-state index in [1.54, 1.807) is 0 Å². The highest BCUT2D eigenvalue weighted by molar-refractivity contribution is 5.39. The van der Waals surface area contributed by atoms with Crippen molar-refractivity contribution in [2.24, 2.45) is 0 Å². The van der Waals surface area contributed by atoms with Crippen LogP contribution >= 0.6 is 0 Å². The number of ether oxygens (including phenoxy) is 2. The van der Waals surface area contributed by atoms with Crippen LogP contribution in [0.5, 0.6) is 11.5 Å². The molecule has 3 nitrogen and oxygen atoms in total. The molecule has 1 N–H and O–H groups in total. The van der Waals surface area contributed by atoms with E-state index in [0.717, 1.165) is 24.5 Å². The van der Waals surface area contributed by atoms with Crippen LogP contribution in [0.1, 0.15) is 34.1 Å². The molecule has 0 aliphatic heterocycles. The van der Waals surface area contributed by atoms with Gasteiger partial charge in [0, 0.05) is 6.04 Å². The molecule has 1 rings (SSSR count). The molecule has 1 aromatic carbocycles. The van der Waals surface area contributed by atoms with Gasteiger partial charge in [-0.15, -0.1) is 0 Å². The van der Waals surface area contributed by atoms with Crippen LogP contribution in [-0.4, -0.2) is 25.3 Å². The Morgan fingerprint density at radius 2 is 1.78 bits per heavy atom. The zero-order chi connectivity index (χ0) is 13.4. The van der Waals surface area contributed by atoms with Crippen LogP contribution in [0.15, 0.2) is 24.3 Å². The summed E-state index contributed by atoms with van der Waals surface area (Å²) in [5.41, 5.74) is 0. The summed E-state index contributed by atoms with van der Waals surface area (Å²) in [4.78, 5) is 0. The molecule has 2 atom stereocenters. The summed E-state index contributed by atoms with van der Waals surface area (Å²) in [5, 5.41) is 3.44. The Bertz CT molecular complexity index is 341. The smallest absolute Gasteiger partial charge is 0.161 e. The first-order valence-corrected chi connectivity index (χ1v) is 6.84. The second kappa shape index (κ2) is 7.98. The lowest BCUT2D eigenvalue weighted by Gasteiger charge is -2.25. The molecule has 0 saturated heterocycles. The van der Waals surface area contributed by atoms with Gasteiger partial charge in [-0.25, -0.2) is 0 Å². The zero-order valence-corrected chi connectivity index (χ0v) is 11.9. The van der Waals surface area contributed by atoms with Crippen molar-refractivity contribution in [1.29, 1.82) is 0 Å². The molecular weight excluding hydrogens is 226 g/mol. The molecule has 0 saturated carbocycles. The fourth-order valence-corrected chi connectivity index (χ4v) is 2.01. The standard InChI is InChI=1S/C15H25NO2/c1-5-13(16-6-2)12(4)18-15-11-9-8-10-14(15)17-7-3/h8-13,16H,5-7H2,1-4H3. The first kappa shape index (κ1) is 14.8. The Kier molecular flexibility index (Phi) is 6.58. The number of nitrogens with one attached hydrogen (secondary N) is 1. The molecule has 2 unspecified atom stereocenters. The fourth-order valence-electron chi connectivity index (χ4n) is 2.01. The second-order valence-corrected chi connectivity index (χ2v) is 4.28. The molecule has 0 heterocycles. The van der Waals surface area contributed by atoms with Crippen LogP contribution in [-0.2, 0) is 0 Å². The maximum absolute atomic E-state index is 6.02. The summed E-state index contributed by atoms with van der Waals surface area (Å²) in [6.07, 6.45) is 1.17. The van der Waals surface area contributed by atoms with E-state index in [9.17, 15) is 0 Å². The summed E-state index contributed by atoms with van der Waals surface area (Å²) >= 11 is 0. The zero-order valence-electron chi connectivity index (χ0n) is 11.9. The minimum Gasteiger partial charge on any atom is -0.490 e. The lowest BCUT2D eigenvalue weighted by Crippen LogP contribution is -2.40. The molecule has 3 heteroatoms. The minimum atomic E-state index is 0.122. The number of rotatable bonds is 8. The van der Waals surface area contributed by atoms with Gasteiger partial charge in [0.15, 0.2) is 11.5 Å². The lowest BCUT2D eigenvalue weighted by atomic mass is 10.1. The quantitative estimate of drug-likeness (QED) is 0.769. The van der Waals surface area contributed by atoms with Crippen LogP contribution in [0.4, 0.5) is 0 Å². The van der Waals surface area contributed by atoms with E-state index in [1.807, 2.05) is 31.2 Å². The van der Waals surface area contributed by atoms with Gasteiger partial charge >= 0.3 is 0 Å². The molecule has 0 aliphatic carbocycles. The third-order valence-electron chi connectivity index (χ3n) is 2.93. The number of para-hydroxylation sites is 2. The van der Waals surface area contributed by atoms with E-state index in [-0.39, 0.29) is 6.10 Å². The molecule has 0 bridgehead atoms. The molecule has 102 valence electrons. The normalized spacial score (nSPS) is 14.0. The Labute approximate surface area is 110 Å². The highest BCUT2D eigenvalue weighted by Crippen LogP contribution is 2.28. The average molecular weight is 251 g/mol. The SMILES string of the molecule is CCNC(CC)C(C)Oc1ccccc1OCC. The van der Waals surface area contributed by atoms with Gasteiger partial charge in [0.25, 0.3) is 0 Å². The van der Waals surface area contributed by atoms with Crippen molar-refractivity contribution in [3.8, 4) is 11.5 Å². The molecule has 0 aliphatic rings. The summed E-state index contributed by atoms with van der Waals surface area (Å²) in [7, 11) is 0. The van der Waals surface area contributed by atoms with Gasteiger partial charge in [-0.1, -0.05) is 26.0 Å². The third-order valence-corrected chi connectivity index (χ3v) is 2.93. The van der Waals surface area contributed by atoms with Gasteiger partial charge in [0.2, 0.25) is 0 Å². The maximum atomic E-state index is 6.02. The van der Waals surface area contributed by atoms with Crippen LogP contribution in [0.25, 0.3) is 0 Å². The molecule has 0 fully saturated rings. The number of benzene rings is 1. The van der Waals surface area contributed by atoms with E-state index in [4.69, 9.17) is 9.47 Å². The molecule has 0 spiro atoms. The van der Waals surface area contributed by atoms with E-state index >= 15 is 0 Å². The summed E-state index contributed by atoms with van der Waals surface area (Å²) in [6.45, 7) is 9.97. The summed E-state index contributed by atoms with van der Waals surface area (Å²) in [5.74, 6) is 1.64. The topological polar surface area (TPSA) is 30.5 Å². The molecule has 1 aromatic rings. The van der Waals surface area contributed by atoms with Crippen LogP contribution in [0, 0.1) is 0 Å². The highest BCUT2D eigenvalue weighted by atomic mass is 16.5. The van der Waals surface area contributed by atoms with E-state index in [2.05, 4.69) is 26.1 Å². The maximum Gasteiger partial charge on any atom is 0.161 e. The van der Waals surface area contributed by atoms with Gasteiger partial charge in [-0.3, -0.25) is 0 Å². The average Bonchev–Trinajstić information content (AvgIpc) is 2.38. The van der Waals surface area contributed by atoms with Gasteiger partial charge in [0.1, 0.15) is 6.10 Å². The Balaban J connectivity index is 2.70. The van der Waals surface area contributed by atoms with Crippen LogP contribution in [0.2, 0.25) is 0 Å². The first-order chi connectivity index (χ1) is 8.72.